The molecule has 31 heavy (non-hydrogen) atoms. The first-order valence-corrected chi connectivity index (χ1v) is 11.1. The number of rotatable bonds is 8. The van der Waals surface area contributed by atoms with Crippen molar-refractivity contribution >= 4 is 40.6 Å². The van der Waals surface area contributed by atoms with Crippen LogP contribution in [0.3, 0.4) is 0 Å². The molecule has 1 atom stereocenters. The van der Waals surface area contributed by atoms with Gasteiger partial charge in [-0.3, -0.25) is 14.4 Å². The zero-order valence-corrected chi connectivity index (χ0v) is 18.6. The van der Waals surface area contributed by atoms with Gasteiger partial charge in [-0.25, -0.2) is 0 Å². The van der Waals surface area contributed by atoms with Gasteiger partial charge in [-0.05, 0) is 56.0 Å². The van der Waals surface area contributed by atoms with E-state index in [0.29, 0.717) is 35.3 Å². The Hall–Kier alpha value is -2.46. The van der Waals surface area contributed by atoms with Crippen molar-refractivity contribution in [3.05, 3.63) is 61.3 Å². The molecule has 4 rings (SSSR count). The zero-order chi connectivity index (χ0) is 22.1. The van der Waals surface area contributed by atoms with Crippen molar-refractivity contribution in [1.82, 2.24) is 4.47 Å². The van der Waals surface area contributed by atoms with Crippen molar-refractivity contribution in [3.63, 3.8) is 0 Å². The molecule has 1 aromatic heterocycles. The van der Waals surface area contributed by atoms with Crippen LogP contribution in [0.25, 0.3) is 0 Å². The summed E-state index contributed by atoms with van der Waals surface area (Å²) in [6.07, 6.45) is 1.53. The lowest BCUT2D eigenvalue weighted by atomic mass is 10.1. The first-order chi connectivity index (χ1) is 14.9. The van der Waals surface area contributed by atoms with Gasteiger partial charge in [-0.1, -0.05) is 18.5 Å². The van der Waals surface area contributed by atoms with Gasteiger partial charge in [0.1, 0.15) is 22.9 Å². The third kappa shape index (κ3) is 4.31. The molecule has 0 radical (unpaired) electrons. The molecule has 1 saturated heterocycles. The van der Waals surface area contributed by atoms with Gasteiger partial charge in [0.25, 0.3) is 10.9 Å². The molecule has 0 amide bonds. The predicted molar refractivity (Wildman–Crippen MR) is 121 cm³/mol. The van der Waals surface area contributed by atoms with E-state index in [0.717, 1.165) is 12.2 Å². The SMILES string of the molecule is CC[C@@H](Nc1c(Nc2ccc(Cl)c(SN3CCCO3)c2O)c(=O)c1=O)c1ccc(C)o1. The minimum Gasteiger partial charge on any atom is -0.505 e. The average Bonchev–Trinajstić information content (AvgIpc) is 3.43. The Balaban J connectivity index is 1.58. The number of hydroxylamine groups is 1. The number of aryl methyl sites for hydroxylation is 1. The lowest BCUT2D eigenvalue weighted by Crippen LogP contribution is -2.37. The number of phenols is 1. The van der Waals surface area contributed by atoms with Gasteiger partial charge in [-0.15, -0.1) is 4.47 Å². The minimum atomic E-state index is -0.653. The summed E-state index contributed by atoms with van der Waals surface area (Å²) in [5.41, 5.74) is -0.740. The third-order valence-corrected chi connectivity index (χ3v) is 6.51. The number of phenolic OH excluding ortho intramolecular Hbond substituents is 1. The monoisotopic (exact) mass is 463 g/mol. The normalized spacial score (nSPS) is 15.5. The highest BCUT2D eigenvalue weighted by atomic mass is 35.5. The molecular weight excluding hydrogens is 442 g/mol. The molecule has 10 heteroatoms. The molecule has 1 fully saturated rings. The molecule has 3 N–H and O–H groups in total. The Kier molecular flexibility index (Phi) is 6.29. The fourth-order valence-corrected chi connectivity index (χ4v) is 4.46. The van der Waals surface area contributed by atoms with E-state index in [-0.39, 0.29) is 28.9 Å². The molecule has 0 spiro atoms. The van der Waals surface area contributed by atoms with E-state index < -0.39 is 10.9 Å². The molecule has 8 nitrogen and oxygen atoms in total. The first kappa shape index (κ1) is 21.8. The van der Waals surface area contributed by atoms with Crippen molar-refractivity contribution in [2.24, 2.45) is 0 Å². The van der Waals surface area contributed by atoms with E-state index in [1.165, 1.54) is 11.9 Å². The van der Waals surface area contributed by atoms with Gasteiger partial charge in [0.05, 0.1) is 28.3 Å². The Labute approximate surface area is 187 Å². The largest absolute Gasteiger partial charge is 0.505 e. The lowest BCUT2D eigenvalue weighted by Gasteiger charge is -2.21. The van der Waals surface area contributed by atoms with Crippen LogP contribution >= 0.6 is 23.5 Å². The van der Waals surface area contributed by atoms with E-state index in [4.69, 9.17) is 20.9 Å². The van der Waals surface area contributed by atoms with Gasteiger partial charge in [0.15, 0.2) is 5.75 Å². The van der Waals surface area contributed by atoms with E-state index in [1.54, 1.807) is 16.6 Å². The van der Waals surface area contributed by atoms with Crippen molar-refractivity contribution in [2.45, 2.75) is 37.6 Å². The van der Waals surface area contributed by atoms with Crippen molar-refractivity contribution in [2.75, 3.05) is 23.8 Å². The van der Waals surface area contributed by atoms with E-state index >= 15 is 0 Å². The van der Waals surface area contributed by atoms with Crippen molar-refractivity contribution in [1.29, 1.82) is 0 Å². The summed E-state index contributed by atoms with van der Waals surface area (Å²) in [7, 11) is 0. The number of hydrogen-bond acceptors (Lipinski definition) is 9. The first-order valence-electron chi connectivity index (χ1n) is 9.92. The van der Waals surface area contributed by atoms with Crippen LogP contribution in [-0.2, 0) is 4.84 Å². The van der Waals surface area contributed by atoms with Crippen LogP contribution in [-0.4, -0.2) is 22.7 Å². The molecule has 0 saturated carbocycles. The van der Waals surface area contributed by atoms with Crippen LogP contribution in [0.4, 0.5) is 17.1 Å². The summed E-state index contributed by atoms with van der Waals surface area (Å²) in [4.78, 5) is 30.3. The second-order valence-electron chi connectivity index (χ2n) is 7.19. The van der Waals surface area contributed by atoms with Crippen molar-refractivity contribution < 1.29 is 14.4 Å². The summed E-state index contributed by atoms with van der Waals surface area (Å²) < 4.78 is 7.30. The van der Waals surface area contributed by atoms with Gasteiger partial charge < -0.3 is 20.2 Å². The molecule has 2 heterocycles. The van der Waals surface area contributed by atoms with Gasteiger partial charge in [0.2, 0.25) is 0 Å². The highest BCUT2D eigenvalue weighted by Gasteiger charge is 2.27. The van der Waals surface area contributed by atoms with Crippen LogP contribution < -0.4 is 21.5 Å². The molecule has 0 bridgehead atoms. The number of anilines is 3. The summed E-state index contributed by atoms with van der Waals surface area (Å²) >= 11 is 7.44. The number of nitrogens with zero attached hydrogens (tertiary/aromatic N) is 1. The third-order valence-electron chi connectivity index (χ3n) is 5.00. The molecule has 1 aliphatic rings. The molecule has 0 unspecified atom stereocenters. The number of halogens is 1. The molecule has 0 aliphatic carbocycles. The quantitative estimate of drug-likeness (QED) is 0.253. The van der Waals surface area contributed by atoms with Crippen LogP contribution in [0.15, 0.2) is 43.2 Å². The molecule has 3 aromatic rings. The average molecular weight is 464 g/mol. The van der Waals surface area contributed by atoms with Crippen molar-refractivity contribution in [3.8, 4) is 5.75 Å². The lowest BCUT2D eigenvalue weighted by molar-refractivity contribution is -0.0176. The number of furan rings is 1. The van der Waals surface area contributed by atoms with E-state index in [1.807, 2.05) is 26.0 Å². The van der Waals surface area contributed by atoms with Gasteiger partial charge in [-0.2, -0.15) is 0 Å². The zero-order valence-electron chi connectivity index (χ0n) is 17.0. The predicted octanol–water partition coefficient (Wildman–Crippen LogP) is 4.49. The summed E-state index contributed by atoms with van der Waals surface area (Å²) in [5, 5.41) is 17.1. The Bertz CT molecular complexity index is 1160. The van der Waals surface area contributed by atoms with Crippen LogP contribution in [0, 0.1) is 6.92 Å². The number of aromatic hydroxyl groups is 1. The summed E-state index contributed by atoms with van der Waals surface area (Å²) in [6.45, 7) is 5.10. The summed E-state index contributed by atoms with van der Waals surface area (Å²) in [6, 6.07) is 6.58. The molecule has 2 aromatic carbocycles. The maximum atomic E-state index is 12.3. The van der Waals surface area contributed by atoms with Crippen LogP contribution in [0.1, 0.15) is 37.3 Å². The minimum absolute atomic E-state index is 0.0951. The van der Waals surface area contributed by atoms with E-state index in [2.05, 4.69) is 10.6 Å². The van der Waals surface area contributed by atoms with Gasteiger partial charge >= 0.3 is 0 Å². The topological polar surface area (TPSA) is 104 Å². The highest BCUT2D eigenvalue weighted by molar-refractivity contribution is 7.97. The number of hydrogen-bond donors (Lipinski definition) is 3. The Morgan fingerprint density at radius 2 is 2.00 bits per heavy atom. The number of benzene rings is 1. The fourth-order valence-electron chi connectivity index (χ4n) is 3.31. The molecule has 1 aliphatic heterocycles. The summed E-state index contributed by atoms with van der Waals surface area (Å²) in [5.74, 6) is 1.31. The standard InChI is InChI=1S/C21H22ClN3O5S/c1-3-13(15-8-5-11(2)30-15)23-16-17(20(28)19(16)27)24-14-7-6-12(22)21(18(14)26)31-25-9-4-10-29-25/h5-8,13,23-24,26H,3-4,9-10H2,1-2H3/t13-/m1/s1. The van der Waals surface area contributed by atoms with E-state index in [9.17, 15) is 14.7 Å². The molecule has 164 valence electrons. The van der Waals surface area contributed by atoms with Crippen LogP contribution in [0.5, 0.6) is 5.75 Å². The maximum absolute atomic E-state index is 12.3. The fraction of sp³-hybridized carbons (Fsp3) is 0.333. The highest BCUT2D eigenvalue weighted by Crippen LogP contribution is 2.43. The Morgan fingerprint density at radius 3 is 2.65 bits per heavy atom. The van der Waals surface area contributed by atoms with Crippen LogP contribution in [0.2, 0.25) is 5.02 Å². The second-order valence-corrected chi connectivity index (χ2v) is 8.60. The smallest absolute Gasteiger partial charge is 0.253 e. The number of nitrogens with one attached hydrogen (secondary N) is 2. The Morgan fingerprint density at radius 1 is 1.23 bits per heavy atom. The second kappa shape index (κ2) is 8.96. The molecular formula is C21H22ClN3O5S. The van der Waals surface area contributed by atoms with Gasteiger partial charge in [0, 0.05) is 6.54 Å². The maximum Gasteiger partial charge on any atom is 0.253 e.